The van der Waals surface area contributed by atoms with Gasteiger partial charge in [0.05, 0.1) is 18.5 Å². The summed E-state index contributed by atoms with van der Waals surface area (Å²) in [7, 11) is 0. The van der Waals surface area contributed by atoms with Gasteiger partial charge in [-0.2, -0.15) is 5.10 Å². The van der Waals surface area contributed by atoms with Gasteiger partial charge in [0.25, 0.3) is 5.91 Å². The summed E-state index contributed by atoms with van der Waals surface area (Å²) in [5.74, 6) is 1.08. The first-order chi connectivity index (χ1) is 13.5. The first-order valence-electron chi connectivity index (χ1n) is 9.38. The number of nitrogens with zero attached hydrogens (tertiary/aromatic N) is 3. The summed E-state index contributed by atoms with van der Waals surface area (Å²) in [6, 6.07) is 5.49. The molecule has 0 radical (unpaired) electrons. The number of aryl methyl sites for hydroxylation is 2. The predicted octanol–water partition coefficient (Wildman–Crippen LogP) is 3.85. The Morgan fingerprint density at radius 2 is 1.96 bits per heavy atom. The average Bonchev–Trinajstić information content (AvgIpc) is 3.00. The third-order valence-electron chi connectivity index (χ3n) is 4.14. The molecule has 0 atom stereocenters. The second-order valence-electron chi connectivity index (χ2n) is 6.02. The van der Waals surface area contributed by atoms with Crippen molar-refractivity contribution in [3.63, 3.8) is 0 Å². The first kappa shape index (κ1) is 21.7. The molecule has 1 N–H and O–H groups in total. The topological polar surface area (TPSA) is 76.0 Å². The lowest BCUT2D eigenvalue weighted by atomic mass is 10.2. The lowest BCUT2D eigenvalue weighted by Crippen LogP contribution is -2.34. The molecule has 0 saturated heterocycles. The SMILES string of the molecule is CCOc1cc(/C=N\Nc2nc(C)c(C)s2)ccc1OCC(=O)N(CC)CC. The van der Waals surface area contributed by atoms with Crippen molar-refractivity contribution < 1.29 is 14.3 Å². The van der Waals surface area contributed by atoms with Gasteiger partial charge in [-0.3, -0.25) is 10.2 Å². The molecule has 1 heterocycles. The summed E-state index contributed by atoms with van der Waals surface area (Å²) in [5.41, 5.74) is 4.79. The van der Waals surface area contributed by atoms with Crippen molar-refractivity contribution in [2.75, 3.05) is 31.7 Å². The van der Waals surface area contributed by atoms with Crippen molar-refractivity contribution in [2.24, 2.45) is 5.10 Å². The molecule has 0 unspecified atom stereocenters. The highest BCUT2D eigenvalue weighted by Gasteiger charge is 2.13. The van der Waals surface area contributed by atoms with Crippen LogP contribution in [0.15, 0.2) is 23.3 Å². The zero-order valence-corrected chi connectivity index (χ0v) is 17.9. The number of rotatable bonds is 10. The fraction of sp³-hybridized carbons (Fsp3) is 0.450. The monoisotopic (exact) mass is 404 g/mol. The Morgan fingerprint density at radius 1 is 1.21 bits per heavy atom. The van der Waals surface area contributed by atoms with Gasteiger partial charge in [-0.25, -0.2) is 4.98 Å². The summed E-state index contributed by atoms with van der Waals surface area (Å²) >= 11 is 1.56. The van der Waals surface area contributed by atoms with Gasteiger partial charge in [-0.1, -0.05) is 0 Å². The van der Waals surface area contributed by atoms with Crippen LogP contribution in [0.5, 0.6) is 11.5 Å². The van der Waals surface area contributed by atoms with E-state index in [1.807, 2.05) is 46.8 Å². The van der Waals surface area contributed by atoms with Gasteiger partial charge in [-0.05, 0) is 58.4 Å². The Bertz CT molecular complexity index is 796. The molecule has 0 aliphatic rings. The molecule has 0 fully saturated rings. The minimum Gasteiger partial charge on any atom is -0.490 e. The molecule has 1 amide bonds. The summed E-state index contributed by atoms with van der Waals surface area (Å²) in [6.07, 6.45) is 1.69. The molecule has 7 nitrogen and oxygen atoms in total. The molecule has 8 heteroatoms. The van der Waals surface area contributed by atoms with Crippen LogP contribution in [0, 0.1) is 13.8 Å². The van der Waals surface area contributed by atoms with Crippen LogP contribution in [0.4, 0.5) is 5.13 Å². The molecule has 0 aliphatic carbocycles. The van der Waals surface area contributed by atoms with Gasteiger partial charge in [-0.15, -0.1) is 11.3 Å². The second kappa shape index (κ2) is 10.7. The van der Waals surface area contributed by atoms with E-state index < -0.39 is 0 Å². The molecule has 1 aromatic heterocycles. The number of carbonyl (C=O) groups excluding carboxylic acids is 1. The van der Waals surface area contributed by atoms with Gasteiger partial charge in [0.15, 0.2) is 18.1 Å². The van der Waals surface area contributed by atoms with Crippen molar-refractivity contribution >= 4 is 28.6 Å². The highest BCUT2D eigenvalue weighted by atomic mass is 32.1. The lowest BCUT2D eigenvalue weighted by Gasteiger charge is -2.19. The Balaban J connectivity index is 2.04. The Kier molecular flexibility index (Phi) is 8.25. The zero-order valence-electron chi connectivity index (χ0n) is 17.1. The number of thiazole rings is 1. The molecule has 0 bridgehead atoms. The minimum absolute atomic E-state index is 0.0144. The van der Waals surface area contributed by atoms with Crippen molar-refractivity contribution in [1.82, 2.24) is 9.88 Å². The van der Waals surface area contributed by atoms with E-state index in [0.29, 0.717) is 31.2 Å². The second-order valence-corrected chi connectivity index (χ2v) is 7.23. The van der Waals surface area contributed by atoms with E-state index >= 15 is 0 Å². The fourth-order valence-corrected chi connectivity index (χ4v) is 3.25. The maximum absolute atomic E-state index is 12.1. The van der Waals surface area contributed by atoms with Crippen LogP contribution in [-0.4, -0.2) is 48.3 Å². The van der Waals surface area contributed by atoms with E-state index in [4.69, 9.17) is 9.47 Å². The quantitative estimate of drug-likeness (QED) is 0.481. The van der Waals surface area contributed by atoms with Gasteiger partial charge >= 0.3 is 0 Å². The highest BCUT2D eigenvalue weighted by Crippen LogP contribution is 2.28. The van der Waals surface area contributed by atoms with Crippen molar-refractivity contribution in [3.05, 3.63) is 34.3 Å². The first-order valence-corrected chi connectivity index (χ1v) is 10.2. The van der Waals surface area contributed by atoms with E-state index in [0.717, 1.165) is 21.3 Å². The third-order valence-corrected chi connectivity index (χ3v) is 5.11. The maximum Gasteiger partial charge on any atom is 0.260 e. The van der Waals surface area contributed by atoms with Gasteiger partial charge in [0.2, 0.25) is 5.13 Å². The number of likely N-dealkylation sites (N-methyl/N-ethyl adjacent to an activating group) is 1. The van der Waals surface area contributed by atoms with Crippen LogP contribution in [0.3, 0.4) is 0 Å². The lowest BCUT2D eigenvalue weighted by molar-refractivity contribution is -0.132. The highest BCUT2D eigenvalue weighted by molar-refractivity contribution is 7.15. The Morgan fingerprint density at radius 3 is 2.57 bits per heavy atom. The fourth-order valence-electron chi connectivity index (χ4n) is 2.48. The van der Waals surface area contributed by atoms with Crippen molar-refractivity contribution in [2.45, 2.75) is 34.6 Å². The maximum atomic E-state index is 12.1. The number of anilines is 1. The number of hydrazone groups is 1. The third kappa shape index (κ3) is 5.95. The number of benzene rings is 1. The number of nitrogens with one attached hydrogen (secondary N) is 1. The number of amides is 1. The normalized spacial score (nSPS) is 10.9. The molecular weight excluding hydrogens is 376 g/mol. The van der Waals surface area contributed by atoms with Crippen LogP contribution in [-0.2, 0) is 4.79 Å². The molecule has 28 heavy (non-hydrogen) atoms. The predicted molar refractivity (Wildman–Crippen MR) is 114 cm³/mol. The van der Waals surface area contributed by atoms with Crippen LogP contribution >= 0.6 is 11.3 Å². The minimum atomic E-state index is -0.0451. The molecule has 2 rings (SSSR count). The van der Waals surface area contributed by atoms with E-state index in [1.54, 1.807) is 28.5 Å². The molecular formula is C20H28N4O3S. The molecule has 0 saturated carbocycles. The number of hydrogen-bond donors (Lipinski definition) is 1. The Hall–Kier alpha value is -2.61. The van der Waals surface area contributed by atoms with Crippen LogP contribution in [0.25, 0.3) is 0 Å². The zero-order chi connectivity index (χ0) is 20.5. The Labute approximate surface area is 170 Å². The molecule has 2 aromatic rings. The van der Waals surface area contributed by atoms with Crippen LogP contribution < -0.4 is 14.9 Å². The number of hydrogen-bond acceptors (Lipinski definition) is 7. The summed E-state index contributed by atoms with van der Waals surface area (Å²) < 4.78 is 11.4. The van der Waals surface area contributed by atoms with Crippen molar-refractivity contribution in [1.29, 1.82) is 0 Å². The number of ether oxygens (including phenoxy) is 2. The van der Waals surface area contributed by atoms with E-state index in [9.17, 15) is 4.79 Å². The summed E-state index contributed by atoms with van der Waals surface area (Å²) in [6.45, 7) is 11.6. The average molecular weight is 405 g/mol. The van der Waals surface area contributed by atoms with E-state index in [1.165, 1.54) is 0 Å². The standard InChI is InChI=1S/C20H28N4O3S/c1-6-24(7-2)19(25)13-27-17-10-9-16(11-18(17)26-8-3)12-21-23-20-22-14(4)15(5)28-20/h9-12H,6-8,13H2,1-5H3,(H,22,23)/b21-12-. The van der Waals surface area contributed by atoms with Gasteiger partial charge in [0.1, 0.15) is 0 Å². The van der Waals surface area contributed by atoms with E-state index in [2.05, 4.69) is 15.5 Å². The van der Waals surface area contributed by atoms with Crippen LogP contribution in [0.2, 0.25) is 0 Å². The molecule has 0 aliphatic heterocycles. The molecule has 1 aromatic carbocycles. The van der Waals surface area contributed by atoms with Gasteiger partial charge in [0, 0.05) is 18.0 Å². The number of aromatic nitrogens is 1. The number of carbonyl (C=O) groups is 1. The van der Waals surface area contributed by atoms with E-state index in [-0.39, 0.29) is 12.5 Å². The molecule has 152 valence electrons. The van der Waals surface area contributed by atoms with Crippen molar-refractivity contribution in [3.8, 4) is 11.5 Å². The smallest absolute Gasteiger partial charge is 0.260 e. The molecule has 0 spiro atoms. The van der Waals surface area contributed by atoms with Gasteiger partial charge < -0.3 is 14.4 Å². The summed E-state index contributed by atoms with van der Waals surface area (Å²) in [4.78, 5) is 19.4. The largest absolute Gasteiger partial charge is 0.490 e. The van der Waals surface area contributed by atoms with Crippen LogP contribution in [0.1, 0.15) is 36.9 Å². The summed E-state index contributed by atoms with van der Waals surface area (Å²) in [5, 5.41) is 4.99.